The molecule has 0 fully saturated rings. The van der Waals surface area contributed by atoms with E-state index in [2.05, 4.69) is 0 Å². The van der Waals surface area contributed by atoms with Crippen molar-refractivity contribution in [2.75, 3.05) is 0 Å². The first-order valence-corrected chi connectivity index (χ1v) is 2.72. The summed E-state index contributed by atoms with van der Waals surface area (Å²) >= 11 is 5.44. The summed E-state index contributed by atoms with van der Waals surface area (Å²) in [6.07, 6.45) is -0.263. The topological polar surface area (TPSA) is 37.3 Å². The van der Waals surface area contributed by atoms with Gasteiger partial charge >= 0.3 is 0 Å². The van der Waals surface area contributed by atoms with Crippen molar-refractivity contribution in [2.24, 2.45) is 0 Å². The largest absolute Gasteiger partial charge is 0.391 e. The fourth-order valence-electron chi connectivity index (χ4n) is 0.0985. The first kappa shape index (κ1) is 7.92. The number of hydrogen-bond acceptors (Lipinski definition) is 2. The summed E-state index contributed by atoms with van der Waals surface area (Å²) in [7, 11) is 0. The van der Waals surface area contributed by atoms with E-state index in [9.17, 15) is 4.79 Å². The van der Waals surface area contributed by atoms with Gasteiger partial charge in [0.25, 0.3) is 0 Å². The molecule has 0 aromatic rings. The summed E-state index contributed by atoms with van der Waals surface area (Å²) < 4.78 is 0. The number of aliphatic hydroxyl groups excluding tert-OH is 1. The summed E-state index contributed by atoms with van der Waals surface area (Å²) in [6.45, 7) is 2.94. The van der Waals surface area contributed by atoms with Crippen LogP contribution in [0.2, 0.25) is 0 Å². The fourth-order valence-corrected chi connectivity index (χ4v) is 0.0985. The van der Waals surface area contributed by atoms with Crippen molar-refractivity contribution < 1.29 is 9.90 Å². The van der Waals surface area contributed by atoms with Crippen LogP contribution in [0.15, 0.2) is 0 Å². The third-order valence-electron chi connectivity index (χ3n) is 1.05. The average molecular weight is 137 g/mol. The quantitative estimate of drug-likeness (QED) is 0.445. The second-order valence-corrected chi connectivity index (χ2v) is 2.76. The molecular formula is C5H9ClO2. The average Bonchev–Trinajstić information content (AvgIpc) is 1.67. The molecule has 48 valence electrons. The van der Waals surface area contributed by atoms with Crippen molar-refractivity contribution in [1.29, 1.82) is 0 Å². The summed E-state index contributed by atoms with van der Waals surface area (Å²) in [5, 5.41) is 8.72. The smallest absolute Gasteiger partial charge is 0.143 e. The Hall–Kier alpha value is -0.0800. The number of halogens is 1. The van der Waals surface area contributed by atoms with Gasteiger partial charge in [0, 0.05) is 0 Å². The zero-order valence-corrected chi connectivity index (χ0v) is 5.64. The molecule has 0 spiro atoms. The molecule has 0 rings (SSSR count). The molecule has 0 heterocycles. The van der Waals surface area contributed by atoms with E-state index in [1.54, 1.807) is 0 Å². The van der Waals surface area contributed by atoms with Gasteiger partial charge in [-0.2, -0.15) is 0 Å². The highest BCUT2D eigenvalue weighted by atomic mass is 35.5. The van der Waals surface area contributed by atoms with E-state index in [-0.39, 0.29) is 0 Å². The van der Waals surface area contributed by atoms with Crippen molar-refractivity contribution in [3.8, 4) is 0 Å². The van der Waals surface area contributed by atoms with E-state index in [4.69, 9.17) is 16.7 Å². The van der Waals surface area contributed by atoms with Gasteiger partial charge in [0.05, 0.1) is 6.10 Å². The third kappa shape index (κ3) is 1.80. The Morgan fingerprint density at radius 3 is 2.25 bits per heavy atom. The standard InChI is InChI=1S/C5H9ClO2/c1-4(8)5(2,6)3-7/h3-4,8H,1-2H3. The highest BCUT2D eigenvalue weighted by Gasteiger charge is 2.25. The lowest BCUT2D eigenvalue weighted by molar-refractivity contribution is -0.111. The van der Waals surface area contributed by atoms with Crippen molar-refractivity contribution in [2.45, 2.75) is 24.8 Å². The SMILES string of the molecule is CC(O)C(C)(Cl)C=O. The van der Waals surface area contributed by atoms with Crippen LogP contribution in [0.3, 0.4) is 0 Å². The van der Waals surface area contributed by atoms with Crippen LogP contribution in [-0.2, 0) is 4.79 Å². The fraction of sp³-hybridized carbons (Fsp3) is 0.800. The zero-order valence-electron chi connectivity index (χ0n) is 4.89. The van der Waals surface area contributed by atoms with Crippen molar-refractivity contribution in [1.82, 2.24) is 0 Å². The van der Waals surface area contributed by atoms with E-state index < -0.39 is 11.0 Å². The van der Waals surface area contributed by atoms with Gasteiger partial charge in [0.15, 0.2) is 0 Å². The molecule has 2 unspecified atom stereocenters. The van der Waals surface area contributed by atoms with E-state index >= 15 is 0 Å². The Kier molecular flexibility index (Phi) is 2.44. The second kappa shape index (κ2) is 2.46. The number of alkyl halides is 1. The Morgan fingerprint density at radius 1 is 1.88 bits per heavy atom. The minimum atomic E-state index is -1.11. The van der Waals surface area contributed by atoms with Crippen LogP contribution >= 0.6 is 11.6 Å². The molecule has 0 bridgehead atoms. The van der Waals surface area contributed by atoms with Crippen LogP contribution < -0.4 is 0 Å². The molecule has 0 aliphatic rings. The van der Waals surface area contributed by atoms with Gasteiger partial charge in [0.2, 0.25) is 0 Å². The third-order valence-corrected chi connectivity index (χ3v) is 1.45. The molecule has 2 atom stereocenters. The molecule has 0 radical (unpaired) electrons. The minimum Gasteiger partial charge on any atom is -0.391 e. The number of aliphatic hydroxyl groups is 1. The number of aldehydes is 1. The van der Waals surface area contributed by atoms with Crippen molar-refractivity contribution in [3.63, 3.8) is 0 Å². The molecule has 3 heteroatoms. The molecule has 1 N–H and O–H groups in total. The summed E-state index contributed by atoms with van der Waals surface area (Å²) in [5.41, 5.74) is 0. The maximum atomic E-state index is 9.98. The molecule has 0 saturated heterocycles. The van der Waals surface area contributed by atoms with Gasteiger partial charge in [0.1, 0.15) is 11.2 Å². The molecular weight excluding hydrogens is 128 g/mol. The van der Waals surface area contributed by atoms with Gasteiger partial charge in [-0.15, -0.1) is 11.6 Å². The van der Waals surface area contributed by atoms with Crippen molar-refractivity contribution in [3.05, 3.63) is 0 Å². The molecule has 2 nitrogen and oxygen atoms in total. The molecule has 0 saturated carbocycles. The monoisotopic (exact) mass is 136 g/mol. The molecule has 0 amide bonds. The van der Waals surface area contributed by atoms with Gasteiger partial charge in [-0.3, -0.25) is 0 Å². The van der Waals surface area contributed by atoms with Gasteiger partial charge in [-0.1, -0.05) is 0 Å². The Labute approximate surface area is 53.5 Å². The van der Waals surface area contributed by atoms with Crippen molar-refractivity contribution >= 4 is 17.9 Å². The van der Waals surface area contributed by atoms with Crippen LogP contribution in [0.5, 0.6) is 0 Å². The Bertz CT molecular complexity index is 88.4. The molecule has 0 aliphatic carbocycles. The van der Waals surface area contributed by atoms with Crippen LogP contribution in [0.25, 0.3) is 0 Å². The summed E-state index contributed by atoms with van der Waals surface area (Å²) in [4.78, 5) is 8.86. The number of rotatable bonds is 2. The number of carbonyl (C=O) groups excluding carboxylic acids is 1. The highest BCUT2D eigenvalue weighted by molar-refractivity contribution is 6.31. The zero-order chi connectivity index (χ0) is 6.78. The predicted molar refractivity (Wildman–Crippen MR) is 32.0 cm³/mol. The maximum Gasteiger partial charge on any atom is 0.143 e. The summed E-state index contributed by atoms with van der Waals surface area (Å²) in [5.74, 6) is 0. The number of carbonyl (C=O) groups is 1. The molecule has 8 heavy (non-hydrogen) atoms. The van der Waals surface area contributed by atoms with Crippen LogP contribution in [0.4, 0.5) is 0 Å². The lowest BCUT2D eigenvalue weighted by Crippen LogP contribution is -2.32. The van der Waals surface area contributed by atoms with Crippen LogP contribution in [0.1, 0.15) is 13.8 Å². The predicted octanol–water partition coefficient (Wildman–Crippen LogP) is 0.564. The maximum absolute atomic E-state index is 9.98. The van der Waals surface area contributed by atoms with E-state index in [0.717, 1.165) is 0 Å². The number of hydrogen-bond donors (Lipinski definition) is 1. The lowest BCUT2D eigenvalue weighted by atomic mass is 10.1. The first-order valence-electron chi connectivity index (χ1n) is 2.34. The first-order chi connectivity index (χ1) is 3.50. The molecule has 0 aromatic carbocycles. The van der Waals surface area contributed by atoms with Gasteiger partial charge in [-0.25, -0.2) is 0 Å². The second-order valence-electron chi connectivity index (χ2n) is 1.95. The summed E-state index contributed by atoms with van der Waals surface area (Å²) in [6, 6.07) is 0. The van der Waals surface area contributed by atoms with E-state index in [1.165, 1.54) is 13.8 Å². The van der Waals surface area contributed by atoms with Gasteiger partial charge in [-0.05, 0) is 13.8 Å². The van der Waals surface area contributed by atoms with Crippen LogP contribution in [-0.4, -0.2) is 22.4 Å². The highest BCUT2D eigenvalue weighted by Crippen LogP contribution is 2.14. The Balaban J connectivity index is 3.90. The molecule has 0 aliphatic heterocycles. The van der Waals surface area contributed by atoms with Crippen LogP contribution in [0, 0.1) is 0 Å². The van der Waals surface area contributed by atoms with E-state index in [0.29, 0.717) is 6.29 Å². The Morgan fingerprint density at radius 2 is 2.25 bits per heavy atom. The normalized spacial score (nSPS) is 21.5. The lowest BCUT2D eigenvalue weighted by Gasteiger charge is -2.16. The van der Waals surface area contributed by atoms with E-state index in [1.807, 2.05) is 0 Å². The minimum absolute atomic E-state index is 0.527. The van der Waals surface area contributed by atoms with Gasteiger partial charge < -0.3 is 9.90 Å². The molecule has 0 aromatic heterocycles.